The normalized spacial score (nSPS) is 10.5. The van der Waals surface area contributed by atoms with Crippen LogP contribution in [0.5, 0.6) is 0 Å². The summed E-state index contributed by atoms with van der Waals surface area (Å²) in [6.45, 7) is 6.55. The van der Waals surface area contributed by atoms with Gasteiger partial charge in [-0.05, 0) is 25.3 Å². The van der Waals surface area contributed by atoms with Gasteiger partial charge in [0.1, 0.15) is 0 Å². The molecule has 0 saturated carbocycles. The summed E-state index contributed by atoms with van der Waals surface area (Å²) in [4.78, 5) is 0. The number of hydrogen-bond acceptors (Lipinski definition) is 0. The fourth-order valence-electron chi connectivity index (χ4n) is 2.20. The zero-order valence-corrected chi connectivity index (χ0v) is 10.9. The van der Waals surface area contributed by atoms with Crippen LogP contribution in [0.3, 0.4) is 0 Å². The van der Waals surface area contributed by atoms with Crippen molar-refractivity contribution in [2.45, 2.75) is 33.6 Å². The standard InChI is InChI=1S/C16H20N/c1-4-14-7-6-8-15(5-2)16(14)17-11-9-13(3)10-12-17/h6-12H,4-5H2,1-3H3/q+1. The number of benzene rings is 1. The molecule has 0 aliphatic heterocycles. The number of aromatic nitrogens is 1. The van der Waals surface area contributed by atoms with Crippen LogP contribution in [0.25, 0.3) is 5.69 Å². The van der Waals surface area contributed by atoms with Crippen molar-refractivity contribution in [3.8, 4) is 5.69 Å². The van der Waals surface area contributed by atoms with E-state index in [1.54, 1.807) is 0 Å². The van der Waals surface area contributed by atoms with Gasteiger partial charge >= 0.3 is 0 Å². The van der Waals surface area contributed by atoms with E-state index in [2.05, 4.69) is 68.1 Å². The average molecular weight is 226 g/mol. The first kappa shape index (κ1) is 11.8. The number of aryl methyl sites for hydroxylation is 3. The van der Waals surface area contributed by atoms with E-state index in [9.17, 15) is 0 Å². The van der Waals surface area contributed by atoms with Gasteiger partial charge < -0.3 is 0 Å². The van der Waals surface area contributed by atoms with Crippen molar-refractivity contribution in [2.24, 2.45) is 0 Å². The molecule has 0 unspecified atom stereocenters. The lowest BCUT2D eigenvalue weighted by molar-refractivity contribution is -0.596. The van der Waals surface area contributed by atoms with Crippen LogP contribution in [0.15, 0.2) is 42.7 Å². The number of para-hydroxylation sites is 1. The lowest BCUT2D eigenvalue weighted by Crippen LogP contribution is -2.32. The molecular formula is C16H20N+. The predicted octanol–water partition coefficient (Wildman–Crippen LogP) is 3.40. The summed E-state index contributed by atoms with van der Waals surface area (Å²) in [5.74, 6) is 0. The molecule has 0 bridgehead atoms. The van der Waals surface area contributed by atoms with Crippen molar-refractivity contribution in [3.63, 3.8) is 0 Å². The van der Waals surface area contributed by atoms with Gasteiger partial charge in [0, 0.05) is 23.3 Å². The van der Waals surface area contributed by atoms with Crippen molar-refractivity contribution in [1.82, 2.24) is 0 Å². The molecule has 0 amide bonds. The lowest BCUT2D eigenvalue weighted by atomic mass is 10.0. The maximum Gasteiger partial charge on any atom is 0.216 e. The van der Waals surface area contributed by atoms with Crippen molar-refractivity contribution < 1.29 is 4.57 Å². The third-order valence-electron chi connectivity index (χ3n) is 3.22. The second-order valence-electron chi connectivity index (χ2n) is 4.41. The molecule has 0 N–H and O–H groups in total. The van der Waals surface area contributed by atoms with Crippen molar-refractivity contribution in [2.75, 3.05) is 0 Å². The maximum atomic E-state index is 2.24. The van der Waals surface area contributed by atoms with E-state index in [1.165, 1.54) is 22.4 Å². The Hall–Kier alpha value is -1.63. The first-order valence-electron chi connectivity index (χ1n) is 6.35. The number of rotatable bonds is 3. The maximum absolute atomic E-state index is 2.24. The Morgan fingerprint density at radius 1 is 0.882 bits per heavy atom. The van der Waals surface area contributed by atoms with E-state index in [4.69, 9.17) is 0 Å². The van der Waals surface area contributed by atoms with E-state index < -0.39 is 0 Å². The van der Waals surface area contributed by atoms with Crippen LogP contribution in [0.2, 0.25) is 0 Å². The quantitative estimate of drug-likeness (QED) is 0.706. The molecule has 1 aromatic heterocycles. The Morgan fingerprint density at radius 3 is 1.88 bits per heavy atom. The molecule has 1 heterocycles. The smallest absolute Gasteiger partial charge is 0.167 e. The minimum atomic E-state index is 1.07. The minimum Gasteiger partial charge on any atom is -0.167 e. The Bertz CT molecular complexity index is 475. The van der Waals surface area contributed by atoms with Gasteiger partial charge in [0.05, 0.1) is 0 Å². The van der Waals surface area contributed by atoms with Crippen LogP contribution in [-0.4, -0.2) is 0 Å². The Balaban J connectivity index is 2.59. The highest BCUT2D eigenvalue weighted by molar-refractivity contribution is 5.41. The van der Waals surface area contributed by atoms with Gasteiger partial charge in [0.15, 0.2) is 12.4 Å². The van der Waals surface area contributed by atoms with E-state index in [-0.39, 0.29) is 0 Å². The number of hydrogen-bond donors (Lipinski definition) is 0. The average Bonchev–Trinajstić information content (AvgIpc) is 2.38. The topological polar surface area (TPSA) is 3.88 Å². The summed E-state index contributed by atoms with van der Waals surface area (Å²) in [5.41, 5.74) is 5.49. The lowest BCUT2D eigenvalue weighted by Gasteiger charge is -2.07. The highest BCUT2D eigenvalue weighted by Gasteiger charge is 2.15. The first-order valence-corrected chi connectivity index (χ1v) is 6.35. The summed E-state index contributed by atoms with van der Waals surface area (Å²) in [7, 11) is 0. The molecule has 1 heteroatoms. The van der Waals surface area contributed by atoms with E-state index in [0.29, 0.717) is 0 Å². The molecule has 0 fully saturated rings. The zero-order chi connectivity index (χ0) is 12.3. The highest BCUT2D eigenvalue weighted by Crippen LogP contribution is 2.16. The van der Waals surface area contributed by atoms with Crippen LogP contribution in [0, 0.1) is 6.92 Å². The molecule has 1 nitrogen and oxygen atoms in total. The molecule has 2 rings (SSSR count). The van der Waals surface area contributed by atoms with Gasteiger partial charge in [-0.25, -0.2) is 0 Å². The molecule has 0 aliphatic carbocycles. The van der Waals surface area contributed by atoms with Crippen LogP contribution in [-0.2, 0) is 12.8 Å². The minimum absolute atomic E-state index is 1.07. The van der Waals surface area contributed by atoms with Gasteiger partial charge in [0.2, 0.25) is 5.69 Å². The summed E-state index contributed by atoms with van der Waals surface area (Å²) < 4.78 is 2.24. The third kappa shape index (κ3) is 2.38. The fourth-order valence-corrected chi connectivity index (χ4v) is 2.20. The molecule has 0 atom stereocenters. The monoisotopic (exact) mass is 226 g/mol. The third-order valence-corrected chi connectivity index (χ3v) is 3.22. The van der Waals surface area contributed by atoms with E-state index in [1.807, 2.05) is 0 Å². The Kier molecular flexibility index (Phi) is 3.58. The Labute approximate surface area is 104 Å². The number of nitrogens with zero attached hydrogens (tertiary/aromatic N) is 1. The highest BCUT2D eigenvalue weighted by atomic mass is 14.9. The zero-order valence-electron chi connectivity index (χ0n) is 10.9. The fraction of sp³-hybridized carbons (Fsp3) is 0.312. The molecule has 17 heavy (non-hydrogen) atoms. The molecule has 0 aliphatic rings. The molecular weight excluding hydrogens is 206 g/mol. The van der Waals surface area contributed by atoms with Gasteiger partial charge in [-0.2, -0.15) is 4.57 Å². The van der Waals surface area contributed by atoms with E-state index >= 15 is 0 Å². The summed E-state index contributed by atoms with van der Waals surface area (Å²) in [5, 5.41) is 0. The van der Waals surface area contributed by atoms with Gasteiger partial charge in [-0.3, -0.25) is 0 Å². The van der Waals surface area contributed by atoms with Crippen molar-refractivity contribution in [3.05, 3.63) is 59.4 Å². The summed E-state index contributed by atoms with van der Waals surface area (Å²) in [6.07, 6.45) is 6.46. The summed E-state index contributed by atoms with van der Waals surface area (Å²) >= 11 is 0. The van der Waals surface area contributed by atoms with E-state index in [0.717, 1.165) is 12.8 Å². The molecule has 1 aromatic carbocycles. The molecule has 0 saturated heterocycles. The first-order chi connectivity index (χ1) is 8.26. The van der Waals surface area contributed by atoms with Crippen LogP contribution in [0.4, 0.5) is 0 Å². The Morgan fingerprint density at radius 2 is 1.41 bits per heavy atom. The molecule has 88 valence electrons. The molecule has 0 spiro atoms. The molecule has 2 aromatic rings. The van der Waals surface area contributed by atoms with Crippen LogP contribution < -0.4 is 4.57 Å². The summed E-state index contributed by atoms with van der Waals surface area (Å²) in [6, 6.07) is 10.9. The van der Waals surface area contributed by atoms with Gasteiger partial charge in [0.25, 0.3) is 0 Å². The van der Waals surface area contributed by atoms with Crippen LogP contribution in [0.1, 0.15) is 30.5 Å². The number of pyridine rings is 1. The van der Waals surface area contributed by atoms with Gasteiger partial charge in [-0.15, -0.1) is 0 Å². The van der Waals surface area contributed by atoms with Crippen molar-refractivity contribution >= 4 is 0 Å². The second-order valence-corrected chi connectivity index (χ2v) is 4.41. The molecule has 0 radical (unpaired) electrons. The second kappa shape index (κ2) is 5.13. The van der Waals surface area contributed by atoms with Gasteiger partial charge in [-0.1, -0.05) is 32.0 Å². The predicted molar refractivity (Wildman–Crippen MR) is 71.5 cm³/mol. The van der Waals surface area contributed by atoms with Crippen molar-refractivity contribution in [1.29, 1.82) is 0 Å². The van der Waals surface area contributed by atoms with Crippen LogP contribution >= 0.6 is 0 Å². The SMILES string of the molecule is CCc1cccc(CC)c1-[n+]1ccc(C)cc1. The largest absolute Gasteiger partial charge is 0.216 e.